The summed E-state index contributed by atoms with van der Waals surface area (Å²) in [5, 5.41) is 1.54. The number of nitrogens with zero attached hydrogens (tertiary/aromatic N) is 1. The SMILES string of the molecule is COc1cc2c(c(OC(=O)c3ccccc3F)c1OC)C(=O)[C@]1(OC)C=C[C@H]2N(c2ccccc2)O1. The number of rotatable bonds is 6. The number of hydrogen-bond acceptors (Lipinski definition) is 8. The molecule has 2 aliphatic heterocycles. The number of Topliss-reactive ketones (excluding diaryl/α,β-unsaturated/α-hetero) is 1. The number of hydroxylamine groups is 1. The fourth-order valence-electron chi connectivity index (χ4n) is 4.36. The van der Waals surface area contributed by atoms with Crippen LogP contribution in [0.5, 0.6) is 17.2 Å². The van der Waals surface area contributed by atoms with Crippen LogP contribution >= 0.6 is 0 Å². The molecule has 1 aliphatic carbocycles. The Labute approximate surface area is 206 Å². The van der Waals surface area contributed by atoms with E-state index >= 15 is 0 Å². The molecule has 0 unspecified atom stereocenters. The number of carbonyl (C=O) groups is 2. The quantitative estimate of drug-likeness (QED) is 0.280. The van der Waals surface area contributed by atoms with Gasteiger partial charge in [0.25, 0.3) is 5.79 Å². The van der Waals surface area contributed by atoms with Crippen molar-refractivity contribution in [1.82, 2.24) is 0 Å². The highest BCUT2D eigenvalue weighted by Crippen LogP contribution is 2.51. The first kappa shape index (κ1) is 23.5. The standard InChI is InChI=1S/C27H22FNO7/c1-32-21-15-18-20-13-14-27(34-3,36-29(20)16-9-5-4-6-10-16)25(30)22(18)24(23(21)33-2)35-26(31)17-11-7-8-12-19(17)28/h4-15,20H,1-3H3/t20-,27+/m1/s1. The summed E-state index contributed by atoms with van der Waals surface area (Å²) in [6.07, 6.45) is 3.28. The van der Waals surface area contributed by atoms with Crippen molar-refractivity contribution in [3.05, 3.63) is 95.3 Å². The van der Waals surface area contributed by atoms with Gasteiger partial charge in [0.2, 0.25) is 11.5 Å². The molecule has 0 saturated heterocycles. The molecular weight excluding hydrogens is 469 g/mol. The van der Waals surface area contributed by atoms with E-state index in [4.69, 9.17) is 23.8 Å². The molecule has 2 bridgehead atoms. The molecule has 0 aromatic heterocycles. The van der Waals surface area contributed by atoms with E-state index in [0.717, 1.165) is 6.07 Å². The molecule has 8 nitrogen and oxygen atoms in total. The average Bonchev–Trinajstić information content (AvgIpc) is 3.09. The summed E-state index contributed by atoms with van der Waals surface area (Å²) in [6, 6.07) is 15.5. The zero-order valence-corrected chi connectivity index (χ0v) is 19.7. The number of halogens is 1. The lowest BCUT2D eigenvalue weighted by Gasteiger charge is -2.38. The summed E-state index contributed by atoms with van der Waals surface area (Å²) in [7, 11) is 4.10. The molecular formula is C27H22FNO7. The molecule has 3 aliphatic rings. The summed E-state index contributed by atoms with van der Waals surface area (Å²) < 4.78 is 36.6. The Kier molecular flexibility index (Phi) is 5.95. The summed E-state index contributed by atoms with van der Waals surface area (Å²) in [5.41, 5.74) is 0.772. The third-order valence-electron chi connectivity index (χ3n) is 6.11. The van der Waals surface area contributed by atoms with Crippen LogP contribution in [0.2, 0.25) is 0 Å². The second kappa shape index (κ2) is 9.10. The maximum absolute atomic E-state index is 14.4. The molecule has 0 fully saturated rings. The normalized spacial score (nSPS) is 20.1. The third kappa shape index (κ3) is 3.60. The maximum atomic E-state index is 14.4. The number of fused-ring (bicyclic) bond motifs is 1. The van der Waals surface area contributed by atoms with Crippen LogP contribution in [-0.2, 0) is 9.57 Å². The van der Waals surface area contributed by atoms with Gasteiger partial charge in [0.1, 0.15) is 11.9 Å². The number of methoxy groups -OCH3 is 3. The molecule has 0 saturated carbocycles. The number of benzene rings is 3. The second-order valence-electron chi connectivity index (χ2n) is 8.03. The van der Waals surface area contributed by atoms with E-state index in [-0.39, 0.29) is 28.4 Å². The van der Waals surface area contributed by atoms with Gasteiger partial charge in [0.05, 0.1) is 31.0 Å². The Morgan fingerprint density at radius 3 is 2.39 bits per heavy atom. The molecule has 0 radical (unpaired) electrons. The Balaban J connectivity index is 1.74. The number of ether oxygens (including phenoxy) is 4. The van der Waals surface area contributed by atoms with E-state index in [2.05, 4.69) is 0 Å². The van der Waals surface area contributed by atoms with E-state index in [1.54, 1.807) is 17.2 Å². The Morgan fingerprint density at radius 2 is 1.72 bits per heavy atom. The zero-order valence-electron chi connectivity index (χ0n) is 19.7. The van der Waals surface area contributed by atoms with Crippen LogP contribution in [0.4, 0.5) is 10.1 Å². The van der Waals surface area contributed by atoms with E-state index in [1.807, 2.05) is 30.3 Å². The number of esters is 1. The van der Waals surface area contributed by atoms with Crippen molar-refractivity contribution in [3.63, 3.8) is 0 Å². The first-order chi connectivity index (χ1) is 17.4. The number of para-hydroxylation sites is 1. The highest BCUT2D eigenvalue weighted by Gasteiger charge is 2.52. The minimum Gasteiger partial charge on any atom is -0.493 e. The first-order valence-electron chi connectivity index (χ1n) is 11.0. The van der Waals surface area contributed by atoms with Gasteiger partial charge in [-0.3, -0.25) is 4.79 Å². The Hall–Kier alpha value is -4.21. The molecule has 2 atom stereocenters. The fourth-order valence-corrected chi connectivity index (χ4v) is 4.36. The largest absolute Gasteiger partial charge is 0.493 e. The predicted octanol–water partition coefficient (Wildman–Crippen LogP) is 4.65. The maximum Gasteiger partial charge on any atom is 0.346 e. The summed E-state index contributed by atoms with van der Waals surface area (Å²) in [5.74, 6) is -4.28. The van der Waals surface area contributed by atoms with E-state index in [9.17, 15) is 14.0 Å². The van der Waals surface area contributed by atoms with Crippen molar-refractivity contribution in [2.45, 2.75) is 11.8 Å². The van der Waals surface area contributed by atoms with Crippen LogP contribution in [0.3, 0.4) is 0 Å². The van der Waals surface area contributed by atoms with Gasteiger partial charge in [-0.15, -0.1) is 0 Å². The topological polar surface area (TPSA) is 83.5 Å². The number of hydrogen-bond donors (Lipinski definition) is 0. The summed E-state index contributed by atoms with van der Waals surface area (Å²) in [6.45, 7) is 0. The van der Waals surface area contributed by atoms with Crippen LogP contribution in [0.1, 0.15) is 32.3 Å². The summed E-state index contributed by atoms with van der Waals surface area (Å²) in [4.78, 5) is 33.2. The number of anilines is 1. The van der Waals surface area contributed by atoms with Crippen molar-refractivity contribution in [3.8, 4) is 17.2 Å². The number of ketones is 1. The third-order valence-corrected chi connectivity index (χ3v) is 6.11. The molecule has 0 amide bonds. The molecule has 36 heavy (non-hydrogen) atoms. The van der Waals surface area contributed by atoms with Gasteiger partial charge in [-0.25, -0.2) is 19.1 Å². The average molecular weight is 491 g/mol. The lowest BCUT2D eigenvalue weighted by Crippen LogP contribution is -2.48. The number of carbonyl (C=O) groups excluding carboxylic acids is 2. The molecule has 0 spiro atoms. The molecule has 0 N–H and O–H groups in total. The van der Waals surface area contributed by atoms with Crippen molar-refractivity contribution in [1.29, 1.82) is 0 Å². The molecule has 6 rings (SSSR count). The predicted molar refractivity (Wildman–Crippen MR) is 127 cm³/mol. The van der Waals surface area contributed by atoms with Crippen molar-refractivity contribution < 1.29 is 37.8 Å². The van der Waals surface area contributed by atoms with Gasteiger partial charge in [-0.1, -0.05) is 36.4 Å². The van der Waals surface area contributed by atoms with Crippen LogP contribution in [0.15, 0.2) is 72.8 Å². The lowest BCUT2D eigenvalue weighted by atomic mass is 9.95. The van der Waals surface area contributed by atoms with Crippen LogP contribution in [0, 0.1) is 5.82 Å². The second-order valence-corrected chi connectivity index (χ2v) is 8.03. The van der Waals surface area contributed by atoms with Gasteiger partial charge < -0.3 is 18.9 Å². The van der Waals surface area contributed by atoms with Crippen LogP contribution in [0.25, 0.3) is 0 Å². The molecule has 184 valence electrons. The Morgan fingerprint density at radius 1 is 1.00 bits per heavy atom. The minimum atomic E-state index is -1.85. The minimum absolute atomic E-state index is 0.00639. The molecule has 2 heterocycles. The van der Waals surface area contributed by atoms with Crippen LogP contribution < -0.4 is 19.3 Å². The van der Waals surface area contributed by atoms with Crippen molar-refractivity contribution in [2.24, 2.45) is 0 Å². The fraction of sp³-hybridized carbons (Fsp3) is 0.185. The van der Waals surface area contributed by atoms with E-state index in [0.29, 0.717) is 11.3 Å². The van der Waals surface area contributed by atoms with Gasteiger partial charge in [0, 0.05) is 7.11 Å². The smallest absolute Gasteiger partial charge is 0.346 e. The van der Waals surface area contributed by atoms with Crippen molar-refractivity contribution >= 4 is 17.4 Å². The van der Waals surface area contributed by atoms with Gasteiger partial charge in [0.15, 0.2) is 11.5 Å². The Bertz CT molecular complexity index is 1370. The highest BCUT2D eigenvalue weighted by atomic mass is 19.1. The molecule has 3 aromatic carbocycles. The highest BCUT2D eigenvalue weighted by molar-refractivity contribution is 6.09. The lowest BCUT2D eigenvalue weighted by molar-refractivity contribution is -0.169. The van der Waals surface area contributed by atoms with Crippen molar-refractivity contribution in [2.75, 3.05) is 26.4 Å². The molecule has 9 heteroatoms. The van der Waals surface area contributed by atoms with E-state index < -0.39 is 29.4 Å². The zero-order chi connectivity index (χ0) is 25.4. The summed E-state index contributed by atoms with van der Waals surface area (Å²) >= 11 is 0. The molecule has 3 aromatic rings. The monoisotopic (exact) mass is 491 g/mol. The van der Waals surface area contributed by atoms with Gasteiger partial charge in [-0.2, -0.15) is 0 Å². The van der Waals surface area contributed by atoms with E-state index in [1.165, 1.54) is 45.6 Å². The van der Waals surface area contributed by atoms with Gasteiger partial charge in [-0.05, 0) is 42.0 Å². The van der Waals surface area contributed by atoms with Gasteiger partial charge >= 0.3 is 5.97 Å². The van der Waals surface area contributed by atoms with Crippen LogP contribution in [-0.4, -0.2) is 38.9 Å². The first-order valence-corrected chi connectivity index (χ1v) is 11.0.